The normalized spacial score (nSPS) is 16.1. The van der Waals surface area contributed by atoms with Crippen molar-refractivity contribution in [3.05, 3.63) is 51.1 Å². The molecule has 0 saturated carbocycles. The number of thiazole rings is 1. The second kappa shape index (κ2) is 6.77. The summed E-state index contributed by atoms with van der Waals surface area (Å²) in [5.74, 6) is 1.84. The third kappa shape index (κ3) is 3.17. The standard InChI is InChI=1S/C20H20ClN5S/c21-13-5-3-4-12(10-13)18-23-15-7-2-1-6-14(15)19(25-18)26-9-8-16-17(11-26)27-20(22)24-16/h3-5,10H,1-2,6-9,11H2,(H2,22,24). The van der Waals surface area contributed by atoms with Crippen LogP contribution in [0.15, 0.2) is 24.3 Å². The number of nitrogen functional groups attached to an aromatic ring is 1. The monoisotopic (exact) mass is 397 g/mol. The lowest BCUT2D eigenvalue weighted by molar-refractivity contribution is 0.647. The van der Waals surface area contributed by atoms with E-state index in [9.17, 15) is 0 Å². The molecule has 3 aromatic rings. The number of fused-ring (bicyclic) bond motifs is 2. The molecule has 0 spiro atoms. The summed E-state index contributed by atoms with van der Waals surface area (Å²) < 4.78 is 0. The third-order valence-corrected chi connectivity index (χ3v) is 6.44. The van der Waals surface area contributed by atoms with Crippen LogP contribution in [0.4, 0.5) is 10.9 Å². The Kier molecular flexibility index (Phi) is 4.25. The van der Waals surface area contributed by atoms with Crippen LogP contribution in [0.1, 0.15) is 34.7 Å². The first-order valence-corrected chi connectivity index (χ1v) is 10.5. The van der Waals surface area contributed by atoms with E-state index in [1.807, 2.05) is 24.3 Å². The van der Waals surface area contributed by atoms with Gasteiger partial charge in [0.2, 0.25) is 0 Å². The Morgan fingerprint density at radius 3 is 2.81 bits per heavy atom. The number of halogens is 1. The summed E-state index contributed by atoms with van der Waals surface area (Å²) in [6.45, 7) is 1.73. The van der Waals surface area contributed by atoms with Gasteiger partial charge in [-0.2, -0.15) is 0 Å². The fourth-order valence-corrected chi connectivity index (χ4v) is 5.07. The summed E-state index contributed by atoms with van der Waals surface area (Å²) in [6.07, 6.45) is 5.37. The van der Waals surface area contributed by atoms with Gasteiger partial charge in [0, 0.05) is 39.7 Å². The predicted molar refractivity (Wildman–Crippen MR) is 110 cm³/mol. The number of anilines is 2. The minimum Gasteiger partial charge on any atom is -0.375 e. The van der Waals surface area contributed by atoms with E-state index < -0.39 is 0 Å². The van der Waals surface area contributed by atoms with Crippen LogP contribution in [0.25, 0.3) is 11.4 Å². The second-order valence-electron chi connectivity index (χ2n) is 7.11. The molecule has 2 N–H and O–H groups in total. The number of nitrogens with zero attached hydrogens (tertiary/aromatic N) is 4. The van der Waals surface area contributed by atoms with E-state index in [0.29, 0.717) is 10.2 Å². The van der Waals surface area contributed by atoms with Crippen LogP contribution in [0.3, 0.4) is 0 Å². The van der Waals surface area contributed by atoms with Crippen molar-refractivity contribution in [1.82, 2.24) is 15.0 Å². The third-order valence-electron chi connectivity index (χ3n) is 5.29. The topological polar surface area (TPSA) is 67.9 Å². The van der Waals surface area contributed by atoms with Crippen molar-refractivity contribution in [2.45, 2.75) is 38.6 Å². The van der Waals surface area contributed by atoms with E-state index in [0.717, 1.165) is 55.3 Å². The molecule has 0 radical (unpaired) electrons. The molecule has 5 nitrogen and oxygen atoms in total. The van der Waals surface area contributed by atoms with Gasteiger partial charge in [0.25, 0.3) is 0 Å². The highest BCUT2D eigenvalue weighted by atomic mass is 35.5. The van der Waals surface area contributed by atoms with E-state index in [4.69, 9.17) is 27.3 Å². The lowest BCUT2D eigenvalue weighted by Gasteiger charge is -2.31. The Balaban J connectivity index is 1.59. The fourth-order valence-electron chi connectivity index (χ4n) is 3.99. The van der Waals surface area contributed by atoms with Crippen molar-refractivity contribution in [3.63, 3.8) is 0 Å². The molecule has 3 heterocycles. The molecule has 2 aromatic heterocycles. The van der Waals surface area contributed by atoms with Gasteiger partial charge in [0.15, 0.2) is 11.0 Å². The van der Waals surface area contributed by atoms with Gasteiger partial charge in [0.05, 0.1) is 12.2 Å². The van der Waals surface area contributed by atoms with Gasteiger partial charge in [-0.1, -0.05) is 23.7 Å². The summed E-state index contributed by atoms with van der Waals surface area (Å²) in [6, 6.07) is 7.80. The van der Waals surface area contributed by atoms with E-state index >= 15 is 0 Å². The quantitative estimate of drug-likeness (QED) is 0.699. The van der Waals surface area contributed by atoms with Crippen molar-refractivity contribution in [3.8, 4) is 11.4 Å². The van der Waals surface area contributed by atoms with Crippen LogP contribution in [0.2, 0.25) is 5.02 Å². The van der Waals surface area contributed by atoms with Gasteiger partial charge in [-0.3, -0.25) is 0 Å². The molecular weight excluding hydrogens is 378 g/mol. The van der Waals surface area contributed by atoms with Crippen molar-refractivity contribution in [1.29, 1.82) is 0 Å². The van der Waals surface area contributed by atoms with Crippen molar-refractivity contribution in [2.24, 2.45) is 0 Å². The van der Waals surface area contributed by atoms with Crippen LogP contribution >= 0.6 is 22.9 Å². The highest BCUT2D eigenvalue weighted by molar-refractivity contribution is 7.15. The van der Waals surface area contributed by atoms with Crippen LogP contribution in [0, 0.1) is 0 Å². The molecule has 1 aliphatic heterocycles. The summed E-state index contributed by atoms with van der Waals surface area (Å²) in [7, 11) is 0. The maximum absolute atomic E-state index is 6.20. The maximum atomic E-state index is 6.20. The van der Waals surface area contributed by atoms with Crippen LogP contribution in [0.5, 0.6) is 0 Å². The van der Waals surface area contributed by atoms with Gasteiger partial charge in [-0.05, 0) is 37.8 Å². The number of aromatic nitrogens is 3. The van der Waals surface area contributed by atoms with Crippen LogP contribution < -0.4 is 10.6 Å². The molecule has 1 aliphatic carbocycles. The van der Waals surface area contributed by atoms with Crippen LogP contribution in [-0.4, -0.2) is 21.5 Å². The predicted octanol–water partition coefficient (Wildman–Crippen LogP) is 4.28. The number of hydrogen-bond donors (Lipinski definition) is 1. The van der Waals surface area contributed by atoms with Gasteiger partial charge < -0.3 is 10.6 Å². The van der Waals surface area contributed by atoms with Gasteiger partial charge >= 0.3 is 0 Å². The fraction of sp³-hybridized carbons (Fsp3) is 0.350. The molecule has 1 aromatic carbocycles. The zero-order valence-corrected chi connectivity index (χ0v) is 16.5. The Hall–Kier alpha value is -2.18. The van der Waals surface area contributed by atoms with Crippen molar-refractivity contribution >= 4 is 33.9 Å². The molecule has 0 atom stereocenters. The SMILES string of the molecule is Nc1nc2c(s1)CN(c1nc(-c3cccc(Cl)c3)nc3c1CCCC3)CC2. The first kappa shape index (κ1) is 17.0. The molecule has 138 valence electrons. The minimum absolute atomic E-state index is 0.659. The van der Waals surface area contributed by atoms with Gasteiger partial charge in [-0.15, -0.1) is 11.3 Å². The summed E-state index contributed by atoms with van der Waals surface area (Å²) >= 11 is 7.79. The lowest BCUT2D eigenvalue weighted by Crippen LogP contribution is -2.32. The van der Waals surface area contributed by atoms with E-state index in [-0.39, 0.29) is 0 Å². The molecule has 0 unspecified atom stereocenters. The average Bonchev–Trinajstić information content (AvgIpc) is 3.06. The molecule has 5 rings (SSSR count). The zero-order valence-electron chi connectivity index (χ0n) is 14.9. The molecule has 0 bridgehead atoms. The van der Waals surface area contributed by atoms with Gasteiger partial charge in [0.1, 0.15) is 5.82 Å². The highest BCUT2D eigenvalue weighted by Gasteiger charge is 2.26. The Morgan fingerprint density at radius 1 is 1.04 bits per heavy atom. The Labute approximate surface area is 167 Å². The largest absolute Gasteiger partial charge is 0.375 e. The van der Waals surface area contributed by atoms with E-state index in [2.05, 4.69) is 9.88 Å². The number of nitrogens with two attached hydrogens (primary N) is 1. The molecule has 2 aliphatic rings. The minimum atomic E-state index is 0.659. The zero-order chi connectivity index (χ0) is 18.4. The molecule has 27 heavy (non-hydrogen) atoms. The molecule has 7 heteroatoms. The maximum Gasteiger partial charge on any atom is 0.180 e. The van der Waals surface area contributed by atoms with E-state index in [1.165, 1.54) is 29.0 Å². The molecule has 0 saturated heterocycles. The van der Waals surface area contributed by atoms with Crippen molar-refractivity contribution in [2.75, 3.05) is 17.2 Å². The Bertz CT molecular complexity index is 1020. The first-order chi connectivity index (χ1) is 13.2. The van der Waals surface area contributed by atoms with Crippen molar-refractivity contribution < 1.29 is 0 Å². The van der Waals surface area contributed by atoms with Crippen LogP contribution in [-0.2, 0) is 25.8 Å². The van der Waals surface area contributed by atoms with E-state index in [1.54, 1.807) is 11.3 Å². The molecule has 0 amide bonds. The number of hydrogen-bond acceptors (Lipinski definition) is 6. The first-order valence-electron chi connectivity index (χ1n) is 9.32. The average molecular weight is 398 g/mol. The second-order valence-corrected chi connectivity index (χ2v) is 8.66. The summed E-state index contributed by atoms with van der Waals surface area (Å²) in [4.78, 5) is 18.0. The molecular formula is C20H20ClN5S. The number of benzene rings is 1. The Morgan fingerprint density at radius 2 is 1.93 bits per heavy atom. The number of rotatable bonds is 2. The lowest BCUT2D eigenvalue weighted by atomic mass is 9.95. The summed E-state index contributed by atoms with van der Waals surface area (Å²) in [5.41, 5.74) is 10.5. The summed E-state index contributed by atoms with van der Waals surface area (Å²) in [5, 5.41) is 1.37. The smallest absolute Gasteiger partial charge is 0.180 e. The highest BCUT2D eigenvalue weighted by Crippen LogP contribution is 2.35. The molecule has 0 fully saturated rings. The number of aryl methyl sites for hydroxylation is 1. The van der Waals surface area contributed by atoms with Gasteiger partial charge in [-0.25, -0.2) is 15.0 Å².